The molecule has 0 saturated carbocycles. The molecule has 5 nitrogen and oxygen atoms in total. The van der Waals surface area contributed by atoms with Crippen molar-refractivity contribution in [1.29, 1.82) is 0 Å². The summed E-state index contributed by atoms with van der Waals surface area (Å²) in [7, 11) is 1.63. The average Bonchev–Trinajstić information content (AvgIpc) is 2.69. The monoisotopic (exact) mass is 361 g/mol. The van der Waals surface area contributed by atoms with Crippen LogP contribution in [0.15, 0.2) is 60.9 Å². The Labute approximate surface area is 159 Å². The number of pyridine rings is 1. The van der Waals surface area contributed by atoms with Crippen LogP contribution in [0, 0.1) is 13.8 Å². The predicted molar refractivity (Wildman–Crippen MR) is 108 cm³/mol. The zero-order valence-electron chi connectivity index (χ0n) is 15.7. The van der Waals surface area contributed by atoms with E-state index in [1.54, 1.807) is 19.5 Å². The van der Waals surface area contributed by atoms with E-state index in [1.165, 1.54) is 0 Å². The van der Waals surface area contributed by atoms with Crippen molar-refractivity contribution >= 4 is 17.3 Å². The van der Waals surface area contributed by atoms with E-state index in [0.717, 1.165) is 33.8 Å². The fraction of sp³-hybridized carbons (Fsp3) is 0.182. The average molecular weight is 361 g/mol. The fourth-order valence-corrected chi connectivity index (χ4v) is 2.82. The Bertz CT molecular complexity index is 916. The summed E-state index contributed by atoms with van der Waals surface area (Å²) in [5.41, 5.74) is 5.62. The van der Waals surface area contributed by atoms with E-state index in [0.29, 0.717) is 12.1 Å². The number of rotatable bonds is 6. The number of para-hydroxylation sites is 1. The smallest absolute Gasteiger partial charge is 0.253 e. The molecule has 2 aromatic carbocycles. The first-order chi connectivity index (χ1) is 13.1. The highest BCUT2D eigenvalue weighted by molar-refractivity contribution is 5.94. The van der Waals surface area contributed by atoms with Gasteiger partial charge in [-0.05, 0) is 48.7 Å². The third-order valence-electron chi connectivity index (χ3n) is 4.36. The van der Waals surface area contributed by atoms with Crippen LogP contribution in [-0.2, 0) is 6.54 Å². The van der Waals surface area contributed by atoms with Gasteiger partial charge >= 0.3 is 0 Å². The maximum absolute atomic E-state index is 12.5. The summed E-state index contributed by atoms with van der Waals surface area (Å²) in [5, 5.41) is 6.28. The van der Waals surface area contributed by atoms with E-state index >= 15 is 0 Å². The lowest BCUT2D eigenvalue weighted by atomic mass is 10.1. The Balaban J connectivity index is 1.68. The number of aromatic nitrogens is 1. The molecule has 0 unspecified atom stereocenters. The van der Waals surface area contributed by atoms with Gasteiger partial charge in [-0.15, -0.1) is 0 Å². The van der Waals surface area contributed by atoms with Gasteiger partial charge in [-0.25, -0.2) is 0 Å². The molecule has 3 rings (SSSR count). The molecule has 2 N–H and O–H groups in total. The summed E-state index contributed by atoms with van der Waals surface area (Å²) in [6.45, 7) is 4.54. The molecule has 3 aromatic rings. The van der Waals surface area contributed by atoms with E-state index in [2.05, 4.69) is 15.6 Å². The quantitative estimate of drug-likeness (QED) is 0.684. The summed E-state index contributed by atoms with van der Waals surface area (Å²) in [6.07, 6.45) is 3.28. The van der Waals surface area contributed by atoms with Crippen LogP contribution in [0.4, 0.5) is 11.4 Å². The second-order valence-electron chi connectivity index (χ2n) is 6.38. The van der Waals surface area contributed by atoms with Crippen molar-refractivity contribution in [2.75, 3.05) is 12.4 Å². The molecular formula is C22H23N3O2. The zero-order chi connectivity index (χ0) is 19.2. The topological polar surface area (TPSA) is 63.2 Å². The number of amides is 1. The zero-order valence-corrected chi connectivity index (χ0v) is 15.7. The van der Waals surface area contributed by atoms with E-state index < -0.39 is 0 Å². The molecule has 0 aliphatic carbocycles. The first-order valence-corrected chi connectivity index (χ1v) is 8.76. The summed E-state index contributed by atoms with van der Waals surface area (Å²) in [4.78, 5) is 16.7. The van der Waals surface area contributed by atoms with Gasteiger partial charge < -0.3 is 15.4 Å². The largest absolute Gasteiger partial charge is 0.497 e. The molecule has 27 heavy (non-hydrogen) atoms. The molecule has 0 spiro atoms. The Morgan fingerprint density at radius 3 is 2.41 bits per heavy atom. The van der Waals surface area contributed by atoms with Gasteiger partial charge in [-0.2, -0.15) is 0 Å². The molecule has 0 fully saturated rings. The number of methoxy groups -OCH3 is 1. The number of benzene rings is 2. The lowest BCUT2D eigenvalue weighted by molar-refractivity contribution is 0.0950. The van der Waals surface area contributed by atoms with Crippen molar-refractivity contribution in [2.24, 2.45) is 0 Å². The lowest BCUT2D eigenvalue weighted by Crippen LogP contribution is -2.23. The first kappa shape index (κ1) is 18.5. The van der Waals surface area contributed by atoms with Crippen LogP contribution < -0.4 is 15.4 Å². The van der Waals surface area contributed by atoms with E-state index in [1.807, 2.05) is 62.4 Å². The predicted octanol–water partition coefficient (Wildman–Crippen LogP) is 4.38. The number of nitrogens with one attached hydrogen (secondary N) is 2. The molecule has 0 atom stereocenters. The van der Waals surface area contributed by atoms with Gasteiger partial charge in [0.1, 0.15) is 5.75 Å². The highest BCUT2D eigenvalue weighted by atomic mass is 16.5. The number of aryl methyl sites for hydroxylation is 2. The van der Waals surface area contributed by atoms with Gasteiger partial charge in [0.25, 0.3) is 5.91 Å². The number of carbonyl (C=O) groups is 1. The lowest BCUT2D eigenvalue weighted by Gasteiger charge is -2.13. The Hall–Kier alpha value is -3.34. The maximum atomic E-state index is 12.5. The third-order valence-corrected chi connectivity index (χ3v) is 4.36. The van der Waals surface area contributed by atoms with E-state index in [4.69, 9.17) is 4.74 Å². The van der Waals surface area contributed by atoms with Crippen molar-refractivity contribution in [1.82, 2.24) is 10.3 Å². The summed E-state index contributed by atoms with van der Waals surface area (Å²) >= 11 is 0. The van der Waals surface area contributed by atoms with Crippen molar-refractivity contribution < 1.29 is 9.53 Å². The summed E-state index contributed by atoms with van der Waals surface area (Å²) in [6, 6.07) is 15.5. The second kappa shape index (κ2) is 8.36. The van der Waals surface area contributed by atoms with Crippen LogP contribution in [0.2, 0.25) is 0 Å². The Morgan fingerprint density at radius 2 is 1.74 bits per heavy atom. The van der Waals surface area contributed by atoms with E-state index in [9.17, 15) is 4.79 Å². The summed E-state index contributed by atoms with van der Waals surface area (Å²) in [5.74, 6) is 0.628. The maximum Gasteiger partial charge on any atom is 0.253 e. The van der Waals surface area contributed by atoms with E-state index in [-0.39, 0.29) is 5.91 Å². The highest BCUT2D eigenvalue weighted by Crippen LogP contribution is 2.24. The molecule has 5 heteroatoms. The van der Waals surface area contributed by atoms with Crippen molar-refractivity contribution in [2.45, 2.75) is 20.4 Å². The highest BCUT2D eigenvalue weighted by Gasteiger charge is 2.09. The minimum atomic E-state index is -0.163. The standard InChI is InChI=1S/C22H23N3O2/c1-15-5-4-6-16(2)21(15)25-19-11-18(13-23-14-19)22(26)24-12-17-7-9-20(27-3)10-8-17/h4-11,13-14,25H,12H2,1-3H3,(H,24,26). The van der Waals surface area contributed by atoms with Gasteiger partial charge in [0.05, 0.1) is 24.6 Å². The second-order valence-corrected chi connectivity index (χ2v) is 6.38. The number of ether oxygens (including phenoxy) is 1. The van der Waals surface area contributed by atoms with Crippen LogP contribution in [-0.4, -0.2) is 18.0 Å². The van der Waals surface area contributed by atoms with Crippen molar-refractivity contribution in [3.8, 4) is 5.75 Å². The molecule has 1 amide bonds. The van der Waals surface area contributed by atoms with Crippen LogP contribution in [0.1, 0.15) is 27.0 Å². The van der Waals surface area contributed by atoms with Gasteiger partial charge in [0.15, 0.2) is 0 Å². The molecule has 1 aromatic heterocycles. The SMILES string of the molecule is COc1ccc(CNC(=O)c2cncc(Nc3c(C)cccc3C)c2)cc1. The number of carbonyl (C=O) groups excluding carboxylic acids is 1. The number of nitrogens with zero attached hydrogens (tertiary/aromatic N) is 1. The molecular weight excluding hydrogens is 338 g/mol. The molecule has 0 radical (unpaired) electrons. The number of hydrogen-bond acceptors (Lipinski definition) is 4. The minimum Gasteiger partial charge on any atom is -0.497 e. The fourth-order valence-electron chi connectivity index (χ4n) is 2.82. The molecule has 0 saturated heterocycles. The first-order valence-electron chi connectivity index (χ1n) is 8.76. The van der Waals surface area contributed by atoms with Crippen molar-refractivity contribution in [3.63, 3.8) is 0 Å². The third kappa shape index (κ3) is 4.64. The van der Waals surface area contributed by atoms with Crippen LogP contribution in [0.5, 0.6) is 5.75 Å². The number of anilines is 2. The van der Waals surface area contributed by atoms with Gasteiger partial charge in [-0.1, -0.05) is 30.3 Å². The minimum absolute atomic E-state index is 0.163. The van der Waals surface area contributed by atoms with Gasteiger partial charge in [0.2, 0.25) is 0 Å². The van der Waals surface area contributed by atoms with Crippen LogP contribution in [0.3, 0.4) is 0 Å². The molecule has 1 heterocycles. The molecule has 0 aliphatic rings. The number of hydrogen-bond donors (Lipinski definition) is 2. The normalized spacial score (nSPS) is 10.3. The molecule has 0 bridgehead atoms. The molecule has 0 aliphatic heterocycles. The molecule has 138 valence electrons. The van der Waals surface area contributed by atoms with Gasteiger partial charge in [0, 0.05) is 18.4 Å². The summed E-state index contributed by atoms with van der Waals surface area (Å²) < 4.78 is 5.14. The van der Waals surface area contributed by atoms with Gasteiger partial charge in [-0.3, -0.25) is 9.78 Å². The Morgan fingerprint density at radius 1 is 1.04 bits per heavy atom. The Kier molecular flexibility index (Phi) is 5.71. The van der Waals surface area contributed by atoms with Crippen molar-refractivity contribution in [3.05, 3.63) is 83.2 Å². The van der Waals surface area contributed by atoms with Crippen LogP contribution in [0.25, 0.3) is 0 Å². The van der Waals surface area contributed by atoms with Crippen LogP contribution >= 0.6 is 0 Å².